The second-order valence-corrected chi connectivity index (χ2v) is 5.92. The molecule has 86 valence electrons. The molecule has 14 heavy (non-hydrogen) atoms. The summed E-state index contributed by atoms with van der Waals surface area (Å²) in [6.45, 7) is 7.25. The Bertz CT molecular complexity index is 237. The zero-order chi connectivity index (χ0) is 11.2. The van der Waals surface area contributed by atoms with Gasteiger partial charge in [0.25, 0.3) is 0 Å². The Morgan fingerprint density at radius 3 is 2.21 bits per heavy atom. The van der Waals surface area contributed by atoms with Gasteiger partial charge in [-0.25, -0.2) is 13.1 Å². The van der Waals surface area contributed by atoms with Crippen molar-refractivity contribution in [3.05, 3.63) is 0 Å². The van der Waals surface area contributed by atoms with Crippen molar-refractivity contribution in [2.75, 3.05) is 25.9 Å². The molecule has 0 spiro atoms. The van der Waals surface area contributed by atoms with Crippen LogP contribution in [0.4, 0.5) is 0 Å². The standard InChI is InChI=1S/C9H22N2O2S/c1-8(2)9(3)7-11-14(12,13)6-5-10-4/h8-11H,5-7H2,1-4H3. The fourth-order valence-corrected chi connectivity index (χ4v) is 1.94. The molecule has 0 bridgehead atoms. The van der Waals surface area contributed by atoms with Gasteiger partial charge in [0.2, 0.25) is 10.0 Å². The monoisotopic (exact) mass is 222 g/mol. The third-order valence-electron chi connectivity index (χ3n) is 2.38. The molecule has 4 nitrogen and oxygen atoms in total. The Balaban J connectivity index is 3.87. The Hall–Kier alpha value is -0.130. The van der Waals surface area contributed by atoms with Crippen LogP contribution in [0.25, 0.3) is 0 Å². The van der Waals surface area contributed by atoms with E-state index in [4.69, 9.17) is 0 Å². The van der Waals surface area contributed by atoms with Crippen molar-refractivity contribution in [3.8, 4) is 0 Å². The molecule has 0 aromatic rings. The number of rotatable bonds is 7. The average Bonchev–Trinajstić information content (AvgIpc) is 2.11. The second kappa shape index (κ2) is 6.37. The maximum atomic E-state index is 11.4. The van der Waals surface area contributed by atoms with Gasteiger partial charge in [-0.15, -0.1) is 0 Å². The van der Waals surface area contributed by atoms with Gasteiger partial charge < -0.3 is 5.32 Å². The van der Waals surface area contributed by atoms with Gasteiger partial charge in [-0.1, -0.05) is 20.8 Å². The molecule has 0 aromatic heterocycles. The maximum Gasteiger partial charge on any atom is 0.212 e. The molecule has 0 saturated carbocycles. The molecular formula is C9H22N2O2S. The van der Waals surface area contributed by atoms with E-state index < -0.39 is 10.0 Å². The molecule has 1 unspecified atom stereocenters. The predicted molar refractivity (Wildman–Crippen MR) is 59.7 cm³/mol. The summed E-state index contributed by atoms with van der Waals surface area (Å²) >= 11 is 0. The van der Waals surface area contributed by atoms with Crippen molar-refractivity contribution < 1.29 is 8.42 Å². The first kappa shape index (κ1) is 13.9. The van der Waals surface area contributed by atoms with Crippen LogP contribution >= 0.6 is 0 Å². The Morgan fingerprint density at radius 2 is 1.79 bits per heavy atom. The van der Waals surface area contributed by atoms with E-state index in [2.05, 4.69) is 23.9 Å². The topological polar surface area (TPSA) is 58.2 Å². The highest BCUT2D eigenvalue weighted by Gasteiger charge is 2.13. The average molecular weight is 222 g/mol. The molecule has 1 atom stereocenters. The lowest BCUT2D eigenvalue weighted by Crippen LogP contribution is -2.34. The van der Waals surface area contributed by atoms with Crippen LogP contribution in [0.2, 0.25) is 0 Å². The molecule has 0 aromatic carbocycles. The van der Waals surface area contributed by atoms with Gasteiger partial charge in [0, 0.05) is 13.1 Å². The van der Waals surface area contributed by atoms with Crippen LogP contribution in [-0.4, -0.2) is 34.3 Å². The van der Waals surface area contributed by atoms with Crippen LogP contribution < -0.4 is 10.0 Å². The minimum atomic E-state index is -3.08. The van der Waals surface area contributed by atoms with Crippen molar-refractivity contribution >= 4 is 10.0 Å². The normalized spacial score (nSPS) is 14.6. The van der Waals surface area contributed by atoms with Crippen LogP contribution in [0.15, 0.2) is 0 Å². The fourth-order valence-electron chi connectivity index (χ4n) is 0.803. The summed E-state index contributed by atoms with van der Waals surface area (Å²) in [7, 11) is -1.34. The van der Waals surface area contributed by atoms with Crippen LogP contribution in [0.1, 0.15) is 20.8 Å². The Kier molecular flexibility index (Phi) is 6.31. The highest BCUT2D eigenvalue weighted by atomic mass is 32.2. The third-order valence-corrected chi connectivity index (χ3v) is 3.73. The predicted octanol–water partition coefficient (Wildman–Crippen LogP) is 0.417. The lowest BCUT2D eigenvalue weighted by Gasteiger charge is -2.16. The molecule has 0 saturated heterocycles. The molecule has 0 radical (unpaired) electrons. The summed E-state index contributed by atoms with van der Waals surface area (Å²) in [6, 6.07) is 0. The minimum absolute atomic E-state index is 0.147. The lowest BCUT2D eigenvalue weighted by atomic mass is 9.99. The third kappa shape index (κ3) is 6.34. The smallest absolute Gasteiger partial charge is 0.212 e. The van der Waals surface area contributed by atoms with Crippen molar-refractivity contribution in [3.63, 3.8) is 0 Å². The van der Waals surface area contributed by atoms with Gasteiger partial charge in [-0.3, -0.25) is 0 Å². The lowest BCUT2D eigenvalue weighted by molar-refractivity contribution is 0.414. The molecule has 2 N–H and O–H groups in total. The first-order chi connectivity index (χ1) is 6.39. The molecule has 0 fully saturated rings. The van der Waals surface area contributed by atoms with Crippen molar-refractivity contribution in [2.45, 2.75) is 20.8 Å². The molecule has 0 rings (SSSR count). The summed E-state index contributed by atoms with van der Waals surface area (Å²) in [5.41, 5.74) is 0. The number of nitrogens with one attached hydrogen (secondary N) is 2. The van der Waals surface area contributed by atoms with Crippen molar-refractivity contribution in [1.82, 2.24) is 10.0 Å². The summed E-state index contributed by atoms with van der Waals surface area (Å²) in [5, 5.41) is 2.82. The molecular weight excluding hydrogens is 200 g/mol. The molecule has 0 aliphatic heterocycles. The second-order valence-electron chi connectivity index (χ2n) is 3.99. The van der Waals surface area contributed by atoms with E-state index >= 15 is 0 Å². The first-order valence-corrected chi connectivity index (χ1v) is 6.66. The number of hydrogen-bond acceptors (Lipinski definition) is 3. The van der Waals surface area contributed by atoms with Crippen LogP contribution in [0.3, 0.4) is 0 Å². The fraction of sp³-hybridized carbons (Fsp3) is 1.00. The van der Waals surface area contributed by atoms with E-state index in [1.54, 1.807) is 7.05 Å². The molecule has 0 aliphatic carbocycles. The highest BCUT2D eigenvalue weighted by molar-refractivity contribution is 7.89. The first-order valence-electron chi connectivity index (χ1n) is 5.01. The highest BCUT2D eigenvalue weighted by Crippen LogP contribution is 2.07. The maximum absolute atomic E-state index is 11.4. The number of hydrogen-bond donors (Lipinski definition) is 2. The van der Waals surface area contributed by atoms with Crippen molar-refractivity contribution in [1.29, 1.82) is 0 Å². The van der Waals surface area contributed by atoms with E-state index in [1.807, 2.05) is 6.92 Å². The van der Waals surface area contributed by atoms with Gasteiger partial charge in [0.15, 0.2) is 0 Å². The largest absolute Gasteiger partial charge is 0.319 e. The van der Waals surface area contributed by atoms with E-state index in [0.29, 0.717) is 24.9 Å². The van der Waals surface area contributed by atoms with Gasteiger partial charge in [0.05, 0.1) is 5.75 Å². The quantitative estimate of drug-likeness (QED) is 0.656. The van der Waals surface area contributed by atoms with Crippen molar-refractivity contribution in [2.24, 2.45) is 11.8 Å². The minimum Gasteiger partial charge on any atom is -0.319 e. The van der Waals surface area contributed by atoms with Crippen LogP contribution in [0, 0.1) is 11.8 Å². The van der Waals surface area contributed by atoms with Gasteiger partial charge in [0.1, 0.15) is 0 Å². The number of sulfonamides is 1. The molecule has 0 heterocycles. The summed E-state index contributed by atoms with van der Waals surface area (Å²) in [6.07, 6.45) is 0. The molecule has 0 amide bonds. The Morgan fingerprint density at radius 1 is 1.21 bits per heavy atom. The van der Waals surface area contributed by atoms with E-state index in [0.717, 1.165) is 0 Å². The summed E-state index contributed by atoms with van der Waals surface area (Å²) in [5.74, 6) is 1.02. The zero-order valence-corrected chi connectivity index (χ0v) is 10.3. The zero-order valence-electron chi connectivity index (χ0n) is 9.50. The summed E-state index contributed by atoms with van der Waals surface area (Å²) < 4.78 is 25.3. The molecule has 5 heteroatoms. The van der Waals surface area contributed by atoms with Gasteiger partial charge in [-0.2, -0.15) is 0 Å². The van der Waals surface area contributed by atoms with E-state index in [1.165, 1.54) is 0 Å². The molecule has 0 aliphatic rings. The van der Waals surface area contributed by atoms with E-state index in [-0.39, 0.29) is 5.75 Å². The van der Waals surface area contributed by atoms with Crippen LogP contribution in [0.5, 0.6) is 0 Å². The summed E-state index contributed by atoms with van der Waals surface area (Å²) in [4.78, 5) is 0. The van der Waals surface area contributed by atoms with E-state index in [9.17, 15) is 8.42 Å². The Labute approximate surface area is 87.5 Å². The van der Waals surface area contributed by atoms with Gasteiger partial charge >= 0.3 is 0 Å². The SMILES string of the molecule is CNCCS(=O)(=O)NCC(C)C(C)C. The van der Waals surface area contributed by atoms with Gasteiger partial charge in [-0.05, 0) is 18.9 Å². The van der Waals surface area contributed by atoms with Crippen LogP contribution in [-0.2, 0) is 10.0 Å².